The van der Waals surface area contributed by atoms with Gasteiger partial charge in [-0.15, -0.1) is 0 Å². The summed E-state index contributed by atoms with van der Waals surface area (Å²) in [5.74, 6) is 0. The third kappa shape index (κ3) is 18.0. The molecule has 33 heavy (non-hydrogen) atoms. The quantitative estimate of drug-likeness (QED) is 0.254. The van der Waals surface area contributed by atoms with Crippen LogP contribution in [0.15, 0.2) is 0 Å². The number of rotatable bonds is 12. The van der Waals surface area contributed by atoms with E-state index in [2.05, 4.69) is 13.8 Å². The topological polar surface area (TPSA) is 140 Å². The molecule has 2 aliphatic rings. The Bertz CT molecular complexity index is 437. The Balaban J connectivity index is 0.000000555. The van der Waals surface area contributed by atoms with E-state index >= 15 is 0 Å². The summed E-state index contributed by atoms with van der Waals surface area (Å²) in [6.45, 7) is 10.00. The number of unbranched alkanes of at least 4 members (excludes halogenated alkanes) is 2. The van der Waals surface area contributed by atoms with Gasteiger partial charge in [0.2, 0.25) is 0 Å². The van der Waals surface area contributed by atoms with Gasteiger partial charge in [-0.05, 0) is 12.8 Å². The fourth-order valence-corrected chi connectivity index (χ4v) is 3.65. The first-order valence-corrected chi connectivity index (χ1v) is 13.8. The van der Waals surface area contributed by atoms with Crippen molar-refractivity contribution in [3.05, 3.63) is 0 Å². The predicted octanol–water partition coefficient (Wildman–Crippen LogP) is 0.916. The van der Waals surface area contributed by atoms with Crippen LogP contribution in [0.4, 0.5) is 0 Å². The Morgan fingerprint density at radius 2 is 1.00 bits per heavy atom. The van der Waals surface area contributed by atoms with E-state index < -0.39 is 30.9 Å². The van der Waals surface area contributed by atoms with E-state index in [1.807, 2.05) is 9.80 Å². The van der Waals surface area contributed by atoms with Gasteiger partial charge in [0.05, 0.1) is 38.6 Å². The van der Waals surface area contributed by atoms with Gasteiger partial charge in [-0.1, -0.05) is 39.5 Å². The number of aliphatic hydroxyl groups excluding tert-OH is 4. The van der Waals surface area contributed by atoms with E-state index in [1.165, 1.54) is 0 Å². The van der Waals surface area contributed by atoms with E-state index in [0.29, 0.717) is 39.3 Å². The predicted molar refractivity (Wildman–Crippen MR) is 118 cm³/mol. The zero-order chi connectivity index (χ0) is 24.9. The van der Waals surface area contributed by atoms with Gasteiger partial charge in [0.1, 0.15) is 12.5 Å². The standard InChI is InChI=1S/2C11H23NO3.Mo.2O/c2*1-2-3-4-10(13)9-11(14)12-5-7-15-8-6-12;;;/h2*10-11,13-14H,2-9H2,1H3;;;. The molecule has 0 aromatic heterocycles. The van der Waals surface area contributed by atoms with Crippen LogP contribution in [0.25, 0.3) is 0 Å². The summed E-state index contributed by atoms with van der Waals surface area (Å²) in [5, 5.41) is 39.0. The zero-order valence-corrected chi connectivity index (χ0v) is 22.4. The van der Waals surface area contributed by atoms with Crippen LogP contribution in [0.1, 0.15) is 65.2 Å². The number of nitrogens with zero attached hydrogens (tertiary/aromatic N) is 2. The maximum atomic E-state index is 9.85. The summed E-state index contributed by atoms with van der Waals surface area (Å²) in [4.78, 5) is 3.94. The molecule has 2 fully saturated rings. The molecule has 2 aliphatic heterocycles. The molecule has 2 saturated heterocycles. The fraction of sp³-hybridized carbons (Fsp3) is 1.00. The van der Waals surface area contributed by atoms with Crippen LogP contribution in [-0.4, -0.2) is 107 Å². The summed E-state index contributed by atoms with van der Waals surface area (Å²) in [6.07, 6.45) is 4.95. The monoisotopic (exact) mass is 564 g/mol. The Kier molecular flexibility index (Phi) is 22.4. The average molecular weight is 563 g/mol. The second-order valence-electron chi connectivity index (χ2n) is 8.39. The van der Waals surface area contributed by atoms with Gasteiger partial charge in [-0.25, -0.2) is 0 Å². The molecule has 198 valence electrons. The van der Waals surface area contributed by atoms with E-state index in [9.17, 15) is 20.4 Å². The molecule has 2 rings (SSSR count). The molecular formula is C22H46MoN2O8. The molecule has 4 atom stereocenters. The number of ether oxygens (including phenoxy) is 2. The van der Waals surface area contributed by atoms with Crippen molar-refractivity contribution in [3.8, 4) is 0 Å². The Labute approximate surface area is 207 Å². The van der Waals surface area contributed by atoms with Crippen molar-refractivity contribution in [2.75, 3.05) is 52.6 Å². The van der Waals surface area contributed by atoms with Crippen molar-refractivity contribution in [2.45, 2.75) is 89.9 Å². The van der Waals surface area contributed by atoms with Crippen LogP contribution >= 0.6 is 0 Å². The van der Waals surface area contributed by atoms with E-state index in [-0.39, 0.29) is 12.2 Å². The van der Waals surface area contributed by atoms with Gasteiger partial charge in [-0.3, -0.25) is 9.80 Å². The molecule has 0 radical (unpaired) electrons. The molecule has 10 nitrogen and oxygen atoms in total. The van der Waals surface area contributed by atoms with Crippen molar-refractivity contribution in [1.82, 2.24) is 9.80 Å². The van der Waals surface area contributed by atoms with E-state index in [4.69, 9.17) is 16.3 Å². The molecule has 0 amide bonds. The fourth-order valence-electron chi connectivity index (χ4n) is 3.65. The van der Waals surface area contributed by atoms with Gasteiger partial charge in [0.15, 0.2) is 0 Å². The van der Waals surface area contributed by atoms with Gasteiger partial charge in [-0.2, -0.15) is 0 Å². The van der Waals surface area contributed by atoms with E-state index in [0.717, 1.165) is 64.7 Å². The van der Waals surface area contributed by atoms with Crippen LogP contribution in [0.5, 0.6) is 0 Å². The molecule has 0 aliphatic carbocycles. The first-order chi connectivity index (χ1) is 15.9. The van der Waals surface area contributed by atoms with Crippen LogP contribution in [0, 0.1) is 0 Å². The van der Waals surface area contributed by atoms with Crippen molar-refractivity contribution in [1.29, 1.82) is 0 Å². The minimum atomic E-state index is -2.03. The second-order valence-corrected chi connectivity index (χ2v) is 8.72. The second kappa shape index (κ2) is 22.4. The Morgan fingerprint density at radius 1 is 0.697 bits per heavy atom. The summed E-state index contributed by atoms with van der Waals surface area (Å²) in [5.41, 5.74) is 0. The van der Waals surface area contributed by atoms with Gasteiger partial charge >= 0.3 is 25.3 Å². The molecule has 0 saturated carbocycles. The van der Waals surface area contributed by atoms with Gasteiger partial charge < -0.3 is 29.9 Å². The molecule has 11 heteroatoms. The third-order valence-electron chi connectivity index (χ3n) is 5.68. The van der Waals surface area contributed by atoms with Crippen LogP contribution in [0.3, 0.4) is 0 Å². The van der Waals surface area contributed by atoms with Crippen molar-refractivity contribution in [2.24, 2.45) is 0 Å². The minimum absolute atomic E-state index is 0.372. The van der Waals surface area contributed by atoms with Crippen molar-refractivity contribution < 1.29 is 55.2 Å². The average Bonchev–Trinajstić information content (AvgIpc) is 2.83. The van der Waals surface area contributed by atoms with Crippen LogP contribution in [0.2, 0.25) is 0 Å². The van der Waals surface area contributed by atoms with Crippen molar-refractivity contribution >= 4 is 0 Å². The summed E-state index contributed by atoms with van der Waals surface area (Å²) in [7, 11) is 0. The first-order valence-electron chi connectivity index (χ1n) is 12.2. The Morgan fingerprint density at radius 3 is 1.27 bits per heavy atom. The molecule has 0 spiro atoms. The van der Waals surface area contributed by atoms with Gasteiger partial charge in [0.25, 0.3) is 0 Å². The van der Waals surface area contributed by atoms with Crippen LogP contribution in [-0.2, 0) is 34.8 Å². The Hall–Kier alpha value is -0.0317. The summed E-state index contributed by atoms with van der Waals surface area (Å²) < 4.78 is 27.4. The number of hydrogen-bond acceptors (Lipinski definition) is 10. The van der Waals surface area contributed by atoms with Gasteiger partial charge in [0, 0.05) is 39.0 Å². The number of aliphatic hydroxyl groups is 4. The molecule has 4 N–H and O–H groups in total. The molecule has 2 heterocycles. The maximum absolute atomic E-state index is 9.85. The normalized spacial score (nSPS) is 20.9. The molecule has 0 aromatic carbocycles. The summed E-state index contributed by atoms with van der Waals surface area (Å²) >= 11 is -2.03. The SMILES string of the molecule is CCCCC(O)CC(O)N1CCOCC1.CCCCC(O)CC(O)N1CCOCC1.[O]=[Mo]=[O]. The molecule has 0 bridgehead atoms. The van der Waals surface area contributed by atoms with Crippen molar-refractivity contribution in [3.63, 3.8) is 0 Å². The third-order valence-corrected chi connectivity index (χ3v) is 5.68. The molecular weight excluding hydrogens is 516 g/mol. The number of morpholine rings is 2. The van der Waals surface area contributed by atoms with E-state index in [1.54, 1.807) is 0 Å². The summed E-state index contributed by atoms with van der Waals surface area (Å²) in [6, 6.07) is 0. The first kappa shape index (κ1) is 33.0. The molecule has 4 unspecified atom stereocenters. The zero-order valence-electron chi connectivity index (χ0n) is 20.3. The number of hydrogen-bond donors (Lipinski definition) is 4. The van der Waals surface area contributed by atoms with Crippen LogP contribution < -0.4 is 0 Å². The molecule has 0 aromatic rings.